The molecule has 2 aliphatic carbocycles. The fraction of sp³-hybridized carbons (Fsp3) is 0.679. The van der Waals surface area contributed by atoms with Crippen LogP contribution < -0.4 is 0 Å². The maximum absolute atomic E-state index is 13.9. The molecule has 0 N–H and O–H groups in total. The predicted molar refractivity (Wildman–Crippen MR) is 134 cm³/mol. The van der Waals surface area contributed by atoms with Crippen LogP contribution in [0, 0.1) is 17.8 Å². The molecular formula is C28H41NO3Si. The second-order valence-corrected chi connectivity index (χ2v) is 17.0. The molecule has 180 valence electrons. The number of benzene rings is 1. The summed E-state index contributed by atoms with van der Waals surface area (Å²) in [5.74, 6) is 2.16. The van der Waals surface area contributed by atoms with Gasteiger partial charge in [-0.2, -0.15) is 0 Å². The van der Waals surface area contributed by atoms with Gasteiger partial charge in [-0.25, -0.2) is 4.79 Å². The lowest BCUT2D eigenvalue weighted by atomic mass is 9.64. The molecule has 6 rings (SSSR count). The minimum Gasteiger partial charge on any atom is -0.547 e. The van der Waals surface area contributed by atoms with Crippen LogP contribution in [-0.2, 0) is 19.4 Å². The molecule has 1 saturated carbocycles. The zero-order chi connectivity index (χ0) is 23.6. The molecule has 0 aromatic heterocycles. The first-order valence-corrected chi connectivity index (χ1v) is 16.4. The van der Waals surface area contributed by atoms with Crippen molar-refractivity contribution in [1.29, 1.82) is 0 Å². The number of fused-ring (bicyclic) bond motifs is 1. The molecule has 33 heavy (non-hydrogen) atoms. The van der Waals surface area contributed by atoms with Crippen LogP contribution >= 0.6 is 0 Å². The van der Waals surface area contributed by atoms with Crippen LogP contribution in [0.3, 0.4) is 0 Å². The molecule has 5 aliphatic rings. The third-order valence-electron chi connectivity index (χ3n) is 8.78. The molecule has 1 aromatic carbocycles. The van der Waals surface area contributed by atoms with Crippen LogP contribution in [0.15, 0.2) is 42.2 Å². The van der Waals surface area contributed by atoms with Gasteiger partial charge in [0.2, 0.25) is 8.32 Å². The number of ether oxygens (including phenoxy) is 1. The number of hydrogen-bond acceptors (Lipinski definition) is 4. The number of piperidine rings is 1. The second-order valence-electron chi connectivity index (χ2n) is 12.6. The molecule has 3 aliphatic heterocycles. The van der Waals surface area contributed by atoms with Gasteiger partial charge in [0, 0.05) is 24.4 Å². The lowest BCUT2D eigenvalue weighted by Gasteiger charge is -2.46. The van der Waals surface area contributed by atoms with Crippen molar-refractivity contribution >= 4 is 14.3 Å². The van der Waals surface area contributed by atoms with Crippen molar-refractivity contribution in [2.75, 3.05) is 6.54 Å². The Morgan fingerprint density at radius 1 is 1.09 bits per heavy atom. The molecule has 2 bridgehead atoms. The van der Waals surface area contributed by atoms with Crippen molar-refractivity contribution in [1.82, 2.24) is 4.90 Å². The summed E-state index contributed by atoms with van der Waals surface area (Å²) >= 11 is 0. The predicted octanol–water partition coefficient (Wildman–Crippen LogP) is 5.89. The van der Waals surface area contributed by atoms with E-state index >= 15 is 0 Å². The Hall–Kier alpha value is -1.59. The van der Waals surface area contributed by atoms with Crippen molar-refractivity contribution in [2.24, 2.45) is 17.8 Å². The molecule has 3 heterocycles. The lowest BCUT2D eigenvalue weighted by molar-refractivity contribution is -0.164. The van der Waals surface area contributed by atoms with Gasteiger partial charge in [0.05, 0.1) is 5.76 Å². The highest BCUT2D eigenvalue weighted by molar-refractivity contribution is 6.70. The molecule has 1 aromatic rings. The normalized spacial score (nSPS) is 37.7. The van der Waals surface area contributed by atoms with Gasteiger partial charge in [-0.1, -0.05) is 57.5 Å². The molecule has 0 radical (unpaired) electrons. The van der Waals surface area contributed by atoms with Gasteiger partial charge in [-0.3, -0.25) is 4.90 Å². The van der Waals surface area contributed by atoms with E-state index in [1.54, 1.807) is 0 Å². The van der Waals surface area contributed by atoms with Crippen LogP contribution in [0.4, 0.5) is 0 Å². The van der Waals surface area contributed by atoms with Crippen LogP contribution in [0.25, 0.3) is 0 Å². The van der Waals surface area contributed by atoms with Crippen LogP contribution in [0.5, 0.6) is 0 Å². The van der Waals surface area contributed by atoms with Crippen molar-refractivity contribution in [2.45, 2.75) is 95.6 Å². The first kappa shape index (κ1) is 23.2. The maximum Gasteiger partial charge on any atom is 0.328 e. The number of esters is 1. The standard InChI is InChI=1S/C28H41NO3Si/c1-19-12-14-22(27(2,3)20-10-8-7-9-11-20)24(16-19)31-26(30)28-18-29(28)21-13-15-23(28)25(17-21)32-33(4,5)6/h7-11,17,19,21-24H,12-16,18H2,1-6H3/t19-,21+,22-,23-,24-,28?,29?/m1/s1. The summed E-state index contributed by atoms with van der Waals surface area (Å²) in [5.41, 5.74) is 0.821. The first-order chi connectivity index (χ1) is 15.5. The van der Waals surface area contributed by atoms with Gasteiger partial charge in [-0.05, 0) is 68.3 Å². The monoisotopic (exact) mass is 467 g/mol. The molecule has 0 amide bonds. The van der Waals surface area contributed by atoms with Crippen molar-refractivity contribution < 1.29 is 14.0 Å². The Balaban J connectivity index is 1.38. The lowest BCUT2D eigenvalue weighted by Crippen LogP contribution is -2.53. The van der Waals surface area contributed by atoms with E-state index in [2.05, 4.69) is 81.7 Å². The van der Waals surface area contributed by atoms with E-state index in [1.807, 2.05) is 0 Å². The molecule has 2 saturated heterocycles. The minimum atomic E-state index is -1.72. The fourth-order valence-electron chi connectivity index (χ4n) is 6.93. The number of carbonyl (C=O) groups is 1. The smallest absolute Gasteiger partial charge is 0.328 e. The first-order valence-electron chi connectivity index (χ1n) is 13.0. The minimum absolute atomic E-state index is 0.00920. The highest BCUT2D eigenvalue weighted by Crippen LogP contribution is 2.57. The van der Waals surface area contributed by atoms with Gasteiger partial charge >= 0.3 is 5.97 Å². The van der Waals surface area contributed by atoms with Crippen molar-refractivity contribution in [3.05, 3.63) is 47.7 Å². The highest BCUT2D eigenvalue weighted by atomic mass is 28.4. The summed E-state index contributed by atoms with van der Waals surface area (Å²) in [5, 5.41) is 0. The zero-order valence-corrected chi connectivity index (χ0v) is 22.3. The zero-order valence-electron chi connectivity index (χ0n) is 21.3. The summed E-state index contributed by atoms with van der Waals surface area (Å²) in [7, 11) is -1.72. The molecule has 7 atom stereocenters. The van der Waals surface area contributed by atoms with E-state index in [4.69, 9.17) is 9.16 Å². The number of rotatable bonds is 6. The highest BCUT2D eigenvalue weighted by Gasteiger charge is 2.71. The van der Waals surface area contributed by atoms with Crippen LogP contribution in [0.1, 0.15) is 58.4 Å². The largest absolute Gasteiger partial charge is 0.547 e. The number of carbonyl (C=O) groups excluding carboxylic acids is 1. The topological polar surface area (TPSA) is 38.5 Å². The maximum atomic E-state index is 13.9. The summed E-state index contributed by atoms with van der Waals surface area (Å²) in [4.78, 5) is 16.3. The molecule has 3 fully saturated rings. The summed E-state index contributed by atoms with van der Waals surface area (Å²) in [6, 6.07) is 11.1. The van der Waals surface area contributed by atoms with Gasteiger partial charge in [-0.15, -0.1) is 0 Å². The van der Waals surface area contributed by atoms with E-state index in [0.717, 1.165) is 38.0 Å². The Kier molecular flexibility index (Phi) is 5.60. The summed E-state index contributed by atoms with van der Waals surface area (Å²) < 4.78 is 13.0. The molecular weight excluding hydrogens is 426 g/mol. The summed E-state index contributed by atoms with van der Waals surface area (Å²) in [6.45, 7) is 14.5. The van der Waals surface area contributed by atoms with E-state index in [9.17, 15) is 4.79 Å². The average Bonchev–Trinajstić information content (AvgIpc) is 3.53. The van der Waals surface area contributed by atoms with E-state index in [0.29, 0.717) is 17.9 Å². The molecule has 0 spiro atoms. The number of nitrogens with zero attached hydrogens (tertiary/aromatic N) is 1. The van der Waals surface area contributed by atoms with E-state index < -0.39 is 13.9 Å². The second kappa shape index (κ2) is 7.98. The number of hydrogen-bond donors (Lipinski definition) is 0. The Morgan fingerprint density at radius 2 is 1.82 bits per heavy atom. The van der Waals surface area contributed by atoms with Gasteiger partial charge in [0.1, 0.15) is 11.6 Å². The molecule has 5 heteroatoms. The Bertz CT molecular complexity index is 936. The van der Waals surface area contributed by atoms with Crippen LogP contribution in [0.2, 0.25) is 19.6 Å². The quantitative estimate of drug-likeness (QED) is 0.297. The van der Waals surface area contributed by atoms with E-state index in [1.165, 1.54) is 12.0 Å². The van der Waals surface area contributed by atoms with Crippen molar-refractivity contribution in [3.63, 3.8) is 0 Å². The Morgan fingerprint density at radius 3 is 2.52 bits per heavy atom. The SMILES string of the molecule is C[C@@H]1CC[C@@H](C(C)(C)c2ccccc2)[C@H](OC(=O)C23CN2[C@@H]2C=C(O[Si](C)(C)C)[C@H]3CC2)C1. The van der Waals surface area contributed by atoms with Crippen molar-refractivity contribution in [3.8, 4) is 0 Å². The average molecular weight is 468 g/mol. The van der Waals surface area contributed by atoms with Crippen LogP contribution in [-0.4, -0.2) is 43.4 Å². The van der Waals surface area contributed by atoms with E-state index in [-0.39, 0.29) is 23.4 Å². The van der Waals surface area contributed by atoms with Gasteiger partial charge < -0.3 is 9.16 Å². The summed E-state index contributed by atoms with van der Waals surface area (Å²) in [6.07, 6.45) is 7.70. The third kappa shape index (κ3) is 3.99. The van der Waals surface area contributed by atoms with Gasteiger partial charge in [0.25, 0.3) is 0 Å². The third-order valence-corrected chi connectivity index (χ3v) is 9.63. The Labute approximate surface area is 200 Å². The molecule has 2 unspecified atom stereocenters. The molecule has 4 nitrogen and oxygen atoms in total. The fourth-order valence-corrected chi connectivity index (χ4v) is 7.84. The van der Waals surface area contributed by atoms with Gasteiger partial charge in [0.15, 0.2) is 0 Å².